The summed E-state index contributed by atoms with van der Waals surface area (Å²) in [6, 6.07) is 4.59. The molecule has 6 nitrogen and oxygen atoms in total. The van der Waals surface area contributed by atoms with E-state index in [0.29, 0.717) is 0 Å². The largest absolute Gasteiger partial charge is 0.330 e. The predicted octanol–water partition coefficient (Wildman–Crippen LogP) is 0.564. The Hall–Kier alpha value is -2.75. The van der Waals surface area contributed by atoms with Gasteiger partial charge in [0.15, 0.2) is 0 Å². The molecule has 0 bridgehead atoms. The highest BCUT2D eigenvalue weighted by molar-refractivity contribution is 6.16. The standard InChI is InChI=1S/C13H10FN3O3/c1-17-12(19)10(11(18)16-13(17)20)5-8-4-9(14)3-2-7(8)6-15/h2-4,10H,5H2,1H3,(H,16,18,20). The van der Waals surface area contributed by atoms with Gasteiger partial charge < -0.3 is 0 Å². The average Bonchev–Trinajstić information content (AvgIpc) is 2.41. The van der Waals surface area contributed by atoms with Crippen LogP contribution < -0.4 is 5.32 Å². The van der Waals surface area contributed by atoms with Gasteiger partial charge in [0.25, 0.3) is 0 Å². The summed E-state index contributed by atoms with van der Waals surface area (Å²) in [6.45, 7) is 0. The van der Waals surface area contributed by atoms with Crippen LogP contribution in [0.3, 0.4) is 0 Å². The first-order valence-electron chi connectivity index (χ1n) is 5.75. The van der Waals surface area contributed by atoms with Crippen molar-refractivity contribution >= 4 is 17.8 Å². The molecule has 0 saturated carbocycles. The SMILES string of the molecule is CN1C(=O)NC(=O)C(Cc2cc(F)ccc2C#N)C1=O. The fourth-order valence-electron chi connectivity index (χ4n) is 1.96. The van der Waals surface area contributed by atoms with Crippen molar-refractivity contribution in [1.82, 2.24) is 10.2 Å². The lowest BCUT2D eigenvalue weighted by atomic mass is 9.93. The van der Waals surface area contributed by atoms with Crippen LogP contribution in [-0.2, 0) is 16.0 Å². The molecule has 1 fully saturated rings. The number of barbiturate groups is 1. The molecule has 1 aromatic rings. The van der Waals surface area contributed by atoms with Crippen molar-refractivity contribution < 1.29 is 18.8 Å². The molecule has 1 aromatic carbocycles. The lowest BCUT2D eigenvalue weighted by molar-refractivity contribution is -0.141. The second kappa shape index (κ2) is 5.09. The molecule has 1 N–H and O–H groups in total. The van der Waals surface area contributed by atoms with Crippen molar-refractivity contribution in [2.75, 3.05) is 7.05 Å². The third kappa shape index (κ3) is 2.36. The smallest absolute Gasteiger partial charge is 0.277 e. The van der Waals surface area contributed by atoms with E-state index in [1.807, 2.05) is 11.4 Å². The average molecular weight is 275 g/mol. The summed E-state index contributed by atoms with van der Waals surface area (Å²) in [5.74, 6) is -3.13. The lowest BCUT2D eigenvalue weighted by Crippen LogP contribution is -2.56. The zero-order valence-electron chi connectivity index (χ0n) is 10.5. The van der Waals surface area contributed by atoms with Crippen LogP contribution in [0.5, 0.6) is 0 Å². The lowest BCUT2D eigenvalue weighted by Gasteiger charge is -2.27. The number of hydrogen-bond acceptors (Lipinski definition) is 4. The van der Waals surface area contributed by atoms with Crippen molar-refractivity contribution in [3.05, 3.63) is 35.1 Å². The van der Waals surface area contributed by atoms with E-state index in [0.717, 1.165) is 17.0 Å². The van der Waals surface area contributed by atoms with E-state index in [-0.39, 0.29) is 17.5 Å². The number of nitrogens with one attached hydrogen (secondary N) is 1. The number of halogens is 1. The van der Waals surface area contributed by atoms with Crippen LogP contribution in [0.2, 0.25) is 0 Å². The van der Waals surface area contributed by atoms with Crippen molar-refractivity contribution in [1.29, 1.82) is 5.26 Å². The molecular weight excluding hydrogens is 265 g/mol. The van der Waals surface area contributed by atoms with Crippen molar-refractivity contribution in [3.63, 3.8) is 0 Å². The summed E-state index contributed by atoms with van der Waals surface area (Å²) >= 11 is 0. The molecule has 4 amide bonds. The maximum absolute atomic E-state index is 13.2. The van der Waals surface area contributed by atoms with E-state index in [2.05, 4.69) is 0 Å². The van der Waals surface area contributed by atoms with Crippen LogP contribution in [0.4, 0.5) is 9.18 Å². The number of carbonyl (C=O) groups is 3. The molecular formula is C13H10FN3O3. The van der Waals surface area contributed by atoms with E-state index in [9.17, 15) is 18.8 Å². The number of amides is 4. The topological polar surface area (TPSA) is 90.3 Å². The molecule has 7 heteroatoms. The van der Waals surface area contributed by atoms with Gasteiger partial charge in [-0.2, -0.15) is 5.26 Å². The number of nitriles is 1. The van der Waals surface area contributed by atoms with Crippen LogP contribution in [0.1, 0.15) is 11.1 Å². The predicted molar refractivity (Wildman–Crippen MR) is 64.6 cm³/mol. The Balaban J connectivity index is 2.32. The van der Waals surface area contributed by atoms with Gasteiger partial charge in [0.05, 0.1) is 11.6 Å². The first-order valence-corrected chi connectivity index (χ1v) is 5.75. The van der Waals surface area contributed by atoms with Crippen molar-refractivity contribution in [3.8, 4) is 6.07 Å². The van der Waals surface area contributed by atoms with E-state index >= 15 is 0 Å². The maximum Gasteiger partial charge on any atom is 0.330 e. The molecule has 102 valence electrons. The van der Waals surface area contributed by atoms with Crippen LogP contribution >= 0.6 is 0 Å². The third-order valence-electron chi connectivity index (χ3n) is 3.09. The molecule has 20 heavy (non-hydrogen) atoms. The van der Waals surface area contributed by atoms with Crippen LogP contribution in [0.25, 0.3) is 0 Å². The molecule has 1 unspecified atom stereocenters. The Morgan fingerprint density at radius 1 is 1.40 bits per heavy atom. The summed E-state index contributed by atoms with van der Waals surface area (Å²) in [4.78, 5) is 35.6. The monoisotopic (exact) mass is 275 g/mol. The number of nitrogens with zero attached hydrogens (tertiary/aromatic N) is 2. The highest BCUT2D eigenvalue weighted by Crippen LogP contribution is 2.19. The second-order valence-corrected chi connectivity index (χ2v) is 4.36. The first kappa shape index (κ1) is 13.7. The molecule has 1 saturated heterocycles. The van der Waals surface area contributed by atoms with Gasteiger partial charge in [-0.3, -0.25) is 19.8 Å². The fraction of sp³-hybridized carbons (Fsp3) is 0.231. The van der Waals surface area contributed by atoms with Crippen molar-refractivity contribution in [2.45, 2.75) is 6.42 Å². The molecule has 0 spiro atoms. The van der Waals surface area contributed by atoms with E-state index in [1.165, 1.54) is 13.1 Å². The van der Waals surface area contributed by atoms with Gasteiger partial charge in [0.1, 0.15) is 11.7 Å². The Morgan fingerprint density at radius 3 is 2.75 bits per heavy atom. The number of benzene rings is 1. The molecule has 0 radical (unpaired) electrons. The zero-order valence-corrected chi connectivity index (χ0v) is 10.5. The quantitative estimate of drug-likeness (QED) is 0.799. The van der Waals surface area contributed by atoms with Crippen LogP contribution in [0, 0.1) is 23.1 Å². The maximum atomic E-state index is 13.2. The normalized spacial score (nSPS) is 18.8. The molecule has 1 heterocycles. The van der Waals surface area contributed by atoms with E-state index in [1.54, 1.807) is 0 Å². The second-order valence-electron chi connectivity index (χ2n) is 4.36. The number of imide groups is 2. The molecule has 1 aliphatic rings. The summed E-state index contributed by atoms with van der Waals surface area (Å²) < 4.78 is 13.2. The number of urea groups is 1. The number of rotatable bonds is 2. The summed E-state index contributed by atoms with van der Waals surface area (Å²) in [6.07, 6.45) is -0.136. The Morgan fingerprint density at radius 2 is 2.10 bits per heavy atom. The minimum absolute atomic E-state index is 0.136. The van der Waals surface area contributed by atoms with Gasteiger partial charge in [0.2, 0.25) is 11.8 Å². The summed E-state index contributed by atoms with van der Waals surface area (Å²) in [5, 5.41) is 11.0. The Labute approximate surface area is 113 Å². The fourth-order valence-corrected chi connectivity index (χ4v) is 1.96. The van der Waals surface area contributed by atoms with E-state index < -0.39 is 29.6 Å². The first-order chi connectivity index (χ1) is 9.43. The third-order valence-corrected chi connectivity index (χ3v) is 3.09. The molecule has 1 atom stereocenters. The molecule has 2 rings (SSSR count). The molecule has 1 aliphatic heterocycles. The van der Waals surface area contributed by atoms with Gasteiger partial charge >= 0.3 is 6.03 Å². The summed E-state index contributed by atoms with van der Waals surface area (Å²) in [5.41, 5.74) is 0.440. The highest BCUT2D eigenvalue weighted by Gasteiger charge is 2.38. The minimum atomic E-state index is -1.15. The Kier molecular flexibility index (Phi) is 3.48. The molecule has 0 aliphatic carbocycles. The molecule has 0 aromatic heterocycles. The van der Waals surface area contributed by atoms with Gasteiger partial charge in [0, 0.05) is 7.05 Å². The van der Waals surface area contributed by atoms with Gasteiger partial charge in [-0.25, -0.2) is 9.18 Å². The van der Waals surface area contributed by atoms with Crippen molar-refractivity contribution in [2.24, 2.45) is 5.92 Å². The van der Waals surface area contributed by atoms with Gasteiger partial charge in [-0.1, -0.05) is 0 Å². The van der Waals surface area contributed by atoms with Crippen LogP contribution in [-0.4, -0.2) is 29.8 Å². The van der Waals surface area contributed by atoms with Crippen LogP contribution in [0.15, 0.2) is 18.2 Å². The van der Waals surface area contributed by atoms with Gasteiger partial charge in [-0.15, -0.1) is 0 Å². The van der Waals surface area contributed by atoms with E-state index in [4.69, 9.17) is 5.26 Å². The minimum Gasteiger partial charge on any atom is -0.277 e. The van der Waals surface area contributed by atoms with Gasteiger partial charge in [-0.05, 0) is 30.2 Å². The highest BCUT2D eigenvalue weighted by atomic mass is 19.1. The zero-order chi connectivity index (χ0) is 14.9. The Bertz CT molecular complexity index is 651. The number of hydrogen-bond donors (Lipinski definition) is 1. The summed E-state index contributed by atoms with van der Waals surface area (Å²) in [7, 11) is 1.24. The number of carbonyl (C=O) groups excluding carboxylic acids is 3.